The molecular weight excluding hydrogens is 568 g/mol. The monoisotopic (exact) mass is 591 g/mol. The summed E-state index contributed by atoms with van der Waals surface area (Å²) in [4.78, 5) is 25.9. The Morgan fingerprint density at radius 3 is 2.67 bits per heavy atom. The largest absolute Gasteiger partial charge is 0.402 e. The summed E-state index contributed by atoms with van der Waals surface area (Å²) in [6.07, 6.45) is 7.13. The molecule has 0 atom stereocenters. The number of aryl methyl sites for hydroxylation is 1. The van der Waals surface area contributed by atoms with E-state index >= 15 is 4.39 Å². The molecule has 0 spiro atoms. The first-order chi connectivity index (χ1) is 20.8. The van der Waals surface area contributed by atoms with Gasteiger partial charge in [-0.1, -0.05) is 18.2 Å². The molecule has 212 valence electrons. The summed E-state index contributed by atoms with van der Waals surface area (Å²) in [5.41, 5.74) is 11.8. The number of carbonyl (C=O) groups is 1. The number of imidazole rings is 1. The van der Waals surface area contributed by atoms with Crippen molar-refractivity contribution in [2.45, 2.75) is 6.42 Å². The van der Waals surface area contributed by atoms with Crippen LogP contribution in [0.3, 0.4) is 0 Å². The quantitative estimate of drug-likeness (QED) is 0.213. The van der Waals surface area contributed by atoms with Gasteiger partial charge in [0.05, 0.1) is 23.1 Å². The number of nitrogens with two attached hydrogens (primary N) is 1. The molecule has 4 N–H and O–H groups in total. The van der Waals surface area contributed by atoms with Gasteiger partial charge in [-0.25, -0.2) is 9.37 Å². The van der Waals surface area contributed by atoms with Crippen molar-refractivity contribution in [1.29, 1.82) is 0 Å². The molecule has 11 heteroatoms. The number of nitrogens with zero attached hydrogens (tertiary/aromatic N) is 4. The second-order valence-corrected chi connectivity index (χ2v) is 11.2. The predicted molar refractivity (Wildman–Crippen MR) is 163 cm³/mol. The van der Waals surface area contributed by atoms with Crippen molar-refractivity contribution in [3.8, 4) is 22.6 Å². The van der Waals surface area contributed by atoms with E-state index in [1.807, 2.05) is 12.1 Å². The third kappa shape index (κ3) is 4.89. The minimum atomic E-state index is -0.464. The summed E-state index contributed by atoms with van der Waals surface area (Å²) in [5.74, 6) is -0.280. The zero-order valence-electron chi connectivity index (χ0n) is 22.7. The Balaban J connectivity index is 1.29. The van der Waals surface area contributed by atoms with Gasteiger partial charge in [0.2, 0.25) is 0 Å². The zero-order chi connectivity index (χ0) is 29.7. The number of hydrogen-bond acceptors (Lipinski definition) is 6. The van der Waals surface area contributed by atoms with E-state index in [2.05, 4.69) is 20.4 Å². The maximum Gasteiger partial charge on any atom is 0.255 e. The van der Waals surface area contributed by atoms with Crippen LogP contribution in [0.25, 0.3) is 39.1 Å². The summed E-state index contributed by atoms with van der Waals surface area (Å²) in [7, 11) is 1.74. The minimum Gasteiger partial charge on any atom is -0.402 e. The molecule has 0 bridgehead atoms. The van der Waals surface area contributed by atoms with Crippen LogP contribution in [-0.2, 0) is 13.5 Å². The van der Waals surface area contributed by atoms with Gasteiger partial charge in [0.25, 0.3) is 5.91 Å². The first-order valence-corrected chi connectivity index (χ1v) is 14.2. The number of H-pyrrole nitrogens is 1. The number of aromatic nitrogens is 5. The first-order valence-electron chi connectivity index (χ1n) is 13.3. The maximum atomic E-state index is 15.5. The van der Waals surface area contributed by atoms with Crippen LogP contribution >= 0.6 is 11.3 Å². The molecule has 7 rings (SSSR count). The van der Waals surface area contributed by atoms with Crippen LogP contribution in [0.5, 0.6) is 0 Å². The molecule has 8 nitrogen and oxygen atoms in total. The minimum absolute atomic E-state index is 0.292. The first kappa shape index (κ1) is 26.5. The van der Waals surface area contributed by atoms with E-state index in [1.165, 1.54) is 18.3 Å². The third-order valence-corrected chi connectivity index (χ3v) is 8.13. The number of pyridine rings is 1. The number of rotatable bonds is 5. The van der Waals surface area contributed by atoms with Crippen LogP contribution in [0.2, 0.25) is 0 Å². The molecule has 4 aromatic heterocycles. The molecule has 0 fully saturated rings. The van der Waals surface area contributed by atoms with E-state index in [1.54, 1.807) is 66.5 Å². The molecular formula is C32H23F2N7OS. The Morgan fingerprint density at radius 1 is 1.05 bits per heavy atom. The van der Waals surface area contributed by atoms with Gasteiger partial charge in [0.15, 0.2) is 11.0 Å². The van der Waals surface area contributed by atoms with Crippen molar-refractivity contribution in [3.05, 3.63) is 124 Å². The Labute approximate surface area is 248 Å². The van der Waals surface area contributed by atoms with Crippen molar-refractivity contribution in [3.63, 3.8) is 0 Å². The number of amides is 1. The highest BCUT2D eigenvalue weighted by atomic mass is 32.1. The number of carbonyl (C=O) groups excluding carboxylic acids is 1. The van der Waals surface area contributed by atoms with Gasteiger partial charge in [-0.2, -0.15) is 9.49 Å². The SMILES string of the molecule is Cn1nc(-c2nc3c([nH]2)CC(N)=CC=C3c2ccc(F)s2)c2cc(-c3cncc(NC(=O)c4ccccc4)c3)c(F)cc21. The number of nitrogens with one attached hydrogen (secondary N) is 2. The van der Waals surface area contributed by atoms with Gasteiger partial charge < -0.3 is 16.0 Å². The molecule has 43 heavy (non-hydrogen) atoms. The van der Waals surface area contributed by atoms with Gasteiger partial charge in [-0.3, -0.25) is 14.5 Å². The molecule has 1 amide bonds. The third-order valence-electron chi connectivity index (χ3n) is 7.22. The van der Waals surface area contributed by atoms with E-state index < -0.39 is 5.82 Å². The summed E-state index contributed by atoms with van der Waals surface area (Å²) in [6, 6.07) is 16.8. The lowest BCUT2D eigenvalue weighted by molar-refractivity contribution is 0.102. The molecule has 0 saturated carbocycles. The van der Waals surface area contributed by atoms with Crippen molar-refractivity contribution < 1.29 is 13.6 Å². The van der Waals surface area contributed by atoms with Crippen molar-refractivity contribution >= 4 is 39.4 Å². The number of halogens is 2. The highest BCUT2D eigenvalue weighted by Gasteiger charge is 2.24. The Bertz CT molecular complexity index is 2110. The molecule has 0 saturated heterocycles. The number of aromatic amines is 1. The number of benzene rings is 2. The lowest BCUT2D eigenvalue weighted by Crippen LogP contribution is -2.11. The highest BCUT2D eigenvalue weighted by molar-refractivity contribution is 7.11. The average Bonchev–Trinajstić information content (AvgIpc) is 3.68. The summed E-state index contributed by atoms with van der Waals surface area (Å²) >= 11 is 1.03. The van der Waals surface area contributed by atoms with E-state index in [0.29, 0.717) is 62.6 Å². The standard InChI is InChI=1S/C32H23F2N7OS/c1-41-26-14-24(33)22(18-11-20(16-36-15-18)37-32(42)17-5-3-2-4-6-17)13-23(26)30(40-41)31-38-25-12-19(35)7-8-21(29(25)39-31)27-9-10-28(34)43-27/h2-11,13-16H,12,35H2,1H3,(H,37,42)(H,38,39). The molecule has 4 heterocycles. The van der Waals surface area contributed by atoms with E-state index in [4.69, 9.17) is 10.7 Å². The fraction of sp³-hybridized carbons (Fsp3) is 0.0625. The molecule has 0 unspecified atom stereocenters. The average molecular weight is 592 g/mol. The van der Waals surface area contributed by atoms with Crippen molar-refractivity contribution in [2.75, 3.05) is 5.32 Å². The van der Waals surface area contributed by atoms with Crippen LogP contribution in [0, 0.1) is 10.9 Å². The zero-order valence-corrected chi connectivity index (χ0v) is 23.5. The number of hydrogen-bond donors (Lipinski definition) is 3. The second-order valence-electron chi connectivity index (χ2n) is 10.1. The van der Waals surface area contributed by atoms with Crippen molar-refractivity contribution in [2.24, 2.45) is 12.8 Å². The van der Waals surface area contributed by atoms with Gasteiger partial charge in [0.1, 0.15) is 11.5 Å². The lowest BCUT2D eigenvalue weighted by Gasteiger charge is -2.09. The van der Waals surface area contributed by atoms with Crippen LogP contribution in [0.15, 0.2) is 90.9 Å². The van der Waals surface area contributed by atoms with Crippen molar-refractivity contribution in [1.82, 2.24) is 24.7 Å². The second kappa shape index (κ2) is 10.4. The van der Waals surface area contributed by atoms with Gasteiger partial charge in [-0.15, -0.1) is 11.3 Å². The molecule has 1 aliphatic carbocycles. The Morgan fingerprint density at radius 2 is 1.88 bits per heavy atom. The summed E-state index contributed by atoms with van der Waals surface area (Å²) < 4.78 is 31.0. The van der Waals surface area contributed by atoms with Gasteiger partial charge in [0, 0.05) is 69.6 Å². The number of fused-ring (bicyclic) bond motifs is 2. The van der Waals surface area contributed by atoms with E-state index in [9.17, 15) is 9.18 Å². The summed E-state index contributed by atoms with van der Waals surface area (Å²) in [6.45, 7) is 0. The molecule has 1 aliphatic rings. The van der Waals surface area contributed by atoms with Crippen LogP contribution in [0.4, 0.5) is 14.5 Å². The molecule has 6 aromatic rings. The maximum absolute atomic E-state index is 15.5. The van der Waals surface area contributed by atoms with Gasteiger partial charge in [-0.05, 0) is 48.6 Å². The highest BCUT2D eigenvalue weighted by Crippen LogP contribution is 2.37. The summed E-state index contributed by atoms with van der Waals surface area (Å²) in [5, 5.41) is 7.87. The van der Waals surface area contributed by atoms with Gasteiger partial charge >= 0.3 is 0 Å². The fourth-order valence-electron chi connectivity index (χ4n) is 5.18. The van der Waals surface area contributed by atoms with Crippen LogP contribution in [0.1, 0.15) is 26.6 Å². The predicted octanol–water partition coefficient (Wildman–Crippen LogP) is 6.45. The fourth-order valence-corrected chi connectivity index (χ4v) is 5.94. The Kier molecular flexibility index (Phi) is 6.43. The van der Waals surface area contributed by atoms with Crippen LogP contribution < -0.4 is 11.1 Å². The molecule has 2 aromatic carbocycles. The lowest BCUT2D eigenvalue weighted by atomic mass is 10.0. The van der Waals surface area contributed by atoms with E-state index in [0.717, 1.165) is 27.5 Å². The number of anilines is 1. The Hall–Kier alpha value is -5.42. The number of thiophene rings is 1. The number of allylic oxidation sites excluding steroid dienone is 3. The topological polar surface area (TPSA) is 115 Å². The normalized spacial score (nSPS) is 12.9. The smallest absolute Gasteiger partial charge is 0.255 e. The van der Waals surface area contributed by atoms with Crippen LogP contribution in [-0.4, -0.2) is 30.6 Å². The van der Waals surface area contributed by atoms with E-state index in [-0.39, 0.29) is 11.0 Å². The molecule has 0 radical (unpaired) electrons. The molecule has 0 aliphatic heterocycles.